The van der Waals surface area contributed by atoms with Crippen molar-refractivity contribution in [3.8, 4) is 11.3 Å². The van der Waals surface area contributed by atoms with Crippen LogP contribution in [-0.2, 0) is 24.9 Å². The molecule has 35 heavy (non-hydrogen) atoms. The molecule has 0 spiro atoms. The fraction of sp³-hybridized carbons (Fsp3) is 0.296. The summed E-state index contributed by atoms with van der Waals surface area (Å²) >= 11 is 0. The number of aromatic nitrogens is 3. The van der Waals surface area contributed by atoms with Gasteiger partial charge in [-0.15, -0.1) is 0 Å². The summed E-state index contributed by atoms with van der Waals surface area (Å²) in [7, 11) is 0. The molecule has 8 heteroatoms. The highest BCUT2D eigenvalue weighted by Gasteiger charge is 2.31. The molecule has 0 bridgehead atoms. The Bertz CT molecular complexity index is 1560. The molecule has 2 aromatic heterocycles. The van der Waals surface area contributed by atoms with E-state index in [-0.39, 0.29) is 33.6 Å². The van der Waals surface area contributed by atoms with Gasteiger partial charge in [0.05, 0.1) is 17.1 Å². The van der Waals surface area contributed by atoms with Gasteiger partial charge in [-0.1, -0.05) is 6.07 Å². The molecule has 0 amide bonds. The summed E-state index contributed by atoms with van der Waals surface area (Å²) in [4.78, 5) is 21.1. The number of halogens is 2. The summed E-state index contributed by atoms with van der Waals surface area (Å²) in [6.45, 7) is 5.86. The first-order valence-corrected chi connectivity index (χ1v) is 11.8. The predicted octanol–water partition coefficient (Wildman–Crippen LogP) is 4.81. The van der Waals surface area contributed by atoms with Crippen molar-refractivity contribution < 1.29 is 8.78 Å². The average molecular weight is 474 g/mol. The Balaban J connectivity index is 1.45. The maximum Gasteiger partial charge on any atom is 0.227 e. The Labute approximate surface area is 201 Å². The SMILES string of the molecule is CC1(C)CCc2cc(=O)c3c(F)cc(-c4nc(Nc5ccc6c(c5)CNCC6)ncc4F)cc3n21. The zero-order valence-corrected chi connectivity index (χ0v) is 19.6. The van der Waals surface area contributed by atoms with Crippen molar-refractivity contribution in [3.63, 3.8) is 0 Å². The predicted molar refractivity (Wildman–Crippen MR) is 132 cm³/mol. The minimum absolute atomic E-state index is 0.0166. The lowest BCUT2D eigenvalue weighted by molar-refractivity contribution is 0.386. The molecule has 178 valence electrons. The number of rotatable bonds is 3. The Hall–Kier alpha value is -3.65. The molecular formula is C27H25F2N5O. The third-order valence-electron chi connectivity index (χ3n) is 7.11. The van der Waals surface area contributed by atoms with Gasteiger partial charge in [-0.25, -0.2) is 18.7 Å². The van der Waals surface area contributed by atoms with Crippen molar-refractivity contribution in [1.29, 1.82) is 0 Å². The van der Waals surface area contributed by atoms with Gasteiger partial charge in [0.25, 0.3) is 0 Å². The summed E-state index contributed by atoms with van der Waals surface area (Å²) in [5.41, 5.74) is 4.19. The first kappa shape index (κ1) is 21.9. The van der Waals surface area contributed by atoms with Crippen molar-refractivity contribution in [3.05, 3.63) is 81.3 Å². The van der Waals surface area contributed by atoms with Gasteiger partial charge in [-0.2, -0.15) is 0 Å². The van der Waals surface area contributed by atoms with Gasteiger partial charge in [0.1, 0.15) is 11.5 Å². The van der Waals surface area contributed by atoms with E-state index < -0.39 is 11.6 Å². The third-order valence-corrected chi connectivity index (χ3v) is 7.11. The summed E-state index contributed by atoms with van der Waals surface area (Å²) in [6, 6.07) is 10.4. The molecule has 2 aliphatic heterocycles. The quantitative estimate of drug-likeness (QED) is 0.447. The summed E-state index contributed by atoms with van der Waals surface area (Å²) < 4.78 is 32.2. The monoisotopic (exact) mass is 473 g/mol. The highest BCUT2D eigenvalue weighted by atomic mass is 19.1. The molecule has 0 saturated heterocycles. The second kappa shape index (κ2) is 7.95. The molecule has 2 aromatic carbocycles. The van der Waals surface area contributed by atoms with E-state index in [1.165, 1.54) is 23.3 Å². The largest absolute Gasteiger partial charge is 0.339 e. The lowest BCUT2D eigenvalue weighted by atomic mass is 10.0. The fourth-order valence-electron chi connectivity index (χ4n) is 5.35. The summed E-state index contributed by atoms with van der Waals surface area (Å²) in [5, 5.41) is 6.51. The van der Waals surface area contributed by atoms with Gasteiger partial charge in [-0.3, -0.25) is 4.79 Å². The smallest absolute Gasteiger partial charge is 0.227 e. The normalized spacial score (nSPS) is 16.2. The maximum atomic E-state index is 15.3. The van der Waals surface area contributed by atoms with Crippen LogP contribution in [-0.4, -0.2) is 21.1 Å². The van der Waals surface area contributed by atoms with Gasteiger partial charge in [-0.05, 0) is 75.0 Å². The zero-order chi connectivity index (χ0) is 24.3. The number of anilines is 2. The van der Waals surface area contributed by atoms with Gasteiger partial charge < -0.3 is 15.2 Å². The molecular weight excluding hydrogens is 448 g/mol. The van der Waals surface area contributed by atoms with E-state index in [4.69, 9.17) is 0 Å². The second-order valence-corrected chi connectivity index (χ2v) is 9.93. The molecule has 0 radical (unpaired) electrons. The lowest BCUT2D eigenvalue weighted by Crippen LogP contribution is -2.24. The van der Waals surface area contributed by atoms with Crippen LogP contribution in [0.4, 0.5) is 20.4 Å². The molecule has 4 heterocycles. The van der Waals surface area contributed by atoms with Crippen LogP contribution in [0.2, 0.25) is 0 Å². The van der Waals surface area contributed by atoms with Crippen LogP contribution >= 0.6 is 0 Å². The van der Waals surface area contributed by atoms with E-state index in [2.05, 4.69) is 40.5 Å². The molecule has 0 fully saturated rings. The highest BCUT2D eigenvalue weighted by molar-refractivity contribution is 5.85. The van der Waals surface area contributed by atoms with E-state index in [1.54, 1.807) is 6.07 Å². The Morgan fingerprint density at radius 3 is 2.77 bits per heavy atom. The van der Waals surface area contributed by atoms with E-state index in [0.717, 1.165) is 49.9 Å². The lowest BCUT2D eigenvalue weighted by Gasteiger charge is -2.25. The van der Waals surface area contributed by atoms with Crippen molar-refractivity contribution in [2.24, 2.45) is 0 Å². The number of benzene rings is 2. The number of aryl methyl sites for hydroxylation is 1. The molecule has 0 atom stereocenters. The second-order valence-electron chi connectivity index (χ2n) is 9.93. The van der Waals surface area contributed by atoms with E-state index >= 15 is 4.39 Å². The van der Waals surface area contributed by atoms with Crippen molar-refractivity contribution >= 4 is 22.5 Å². The van der Waals surface area contributed by atoms with Crippen molar-refractivity contribution in [2.75, 3.05) is 11.9 Å². The van der Waals surface area contributed by atoms with Crippen LogP contribution in [0.1, 0.15) is 37.1 Å². The molecule has 4 aromatic rings. The molecule has 0 unspecified atom stereocenters. The van der Waals surface area contributed by atoms with E-state index in [0.29, 0.717) is 5.52 Å². The Kier molecular flexibility index (Phi) is 4.96. The fourth-order valence-corrected chi connectivity index (χ4v) is 5.35. The standard InChI is InChI=1S/C27H25F2N5O/c1-27(2)7-5-19-12-23(35)24-20(28)10-16(11-22(24)34(19)27)25-21(29)14-31-26(33-25)32-18-4-3-15-6-8-30-13-17(15)9-18/h3-4,9-12,14,30H,5-8,13H2,1-2H3,(H,31,32,33). The third kappa shape index (κ3) is 3.69. The average Bonchev–Trinajstić information content (AvgIpc) is 3.14. The first-order chi connectivity index (χ1) is 16.8. The Morgan fingerprint density at radius 2 is 1.91 bits per heavy atom. The number of hydrogen-bond donors (Lipinski definition) is 2. The van der Waals surface area contributed by atoms with Crippen LogP contribution in [0.5, 0.6) is 0 Å². The minimum Gasteiger partial charge on any atom is -0.339 e. The number of nitrogens with one attached hydrogen (secondary N) is 2. The zero-order valence-electron chi connectivity index (χ0n) is 19.6. The van der Waals surface area contributed by atoms with Crippen LogP contribution in [0, 0.1) is 11.6 Å². The topological polar surface area (TPSA) is 71.8 Å². The van der Waals surface area contributed by atoms with Gasteiger partial charge >= 0.3 is 0 Å². The highest BCUT2D eigenvalue weighted by Crippen LogP contribution is 2.36. The van der Waals surface area contributed by atoms with Gasteiger partial charge in [0.15, 0.2) is 11.2 Å². The minimum atomic E-state index is -0.685. The maximum absolute atomic E-state index is 15.3. The molecule has 2 N–H and O–H groups in total. The summed E-state index contributed by atoms with van der Waals surface area (Å²) in [5.74, 6) is -1.14. The first-order valence-electron chi connectivity index (χ1n) is 11.8. The van der Waals surface area contributed by atoms with Crippen LogP contribution in [0.3, 0.4) is 0 Å². The van der Waals surface area contributed by atoms with Gasteiger partial charge in [0, 0.05) is 35.1 Å². The number of pyridine rings is 1. The number of nitrogens with zero attached hydrogens (tertiary/aromatic N) is 3. The molecule has 2 aliphatic rings. The van der Waals surface area contributed by atoms with E-state index in [1.807, 2.05) is 16.7 Å². The van der Waals surface area contributed by atoms with Crippen molar-refractivity contribution in [1.82, 2.24) is 19.9 Å². The molecule has 0 saturated carbocycles. The number of fused-ring (bicyclic) bond motifs is 4. The number of hydrogen-bond acceptors (Lipinski definition) is 5. The van der Waals surface area contributed by atoms with E-state index in [9.17, 15) is 9.18 Å². The van der Waals surface area contributed by atoms with Crippen molar-refractivity contribution in [2.45, 2.75) is 45.2 Å². The molecule has 6 rings (SSSR count). The van der Waals surface area contributed by atoms with Crippen LogP contribution in [0.15, 0.2) is 47.4 Å². The molecule has 0 aliphatic carbocycles. The van der Waals surface area contributed by atoms with Gasteiger partial charge in [0.2, 0.25) is 5.95 Å². The van der Waals surface area contributed by atoms with Crippen LogP contribution in [0.25, 0.3) is 22.2 Å². The van der Waals surface area contributed by atoms with Crippen LogP contribution < -0.4 is 16.1 Å². The summed E-state index contributed by atoms with van der Waals surface area (Å²) in [6.07, 6.45) is 3.63. The molecule has 6 nitrogen and oxygen atoms in total. The Morgan fingerprint density at radius 1 is 1.06 bits per heavy atom.